The van der Waals surface area contributed by atoms with Crippen LogP contribution in [0.5, 0.6) is 5.75 Å². The molecule has 0 radical (unpaired) electrons. The minimum atomic E-state index is -0.913. The van der Waals surface area contributed by atoms with Crippen molar-refractivity contribution in [2.45, 2.75) is 24.9 Å². The van der Waals surface area contributed by atoms with Crippen LogP contribution in [0.1, 0.15) is 29.2 Å². The number of furan rings is 1. The van der Waals surface area contributed by atoms with Crippen LogP contribution in [0, 0.1) is 5.41 Å². The molecule has 3 aromatic rings. The monoisotopic (exact) mass is 393 g/mol. The van der Waals surface area contributed by atoms with Crippen molar-refractivity contribution in [1.29, 1.82) is 5.41 Å². The Labute approximate surface area is 168 Å². The van der Waals surface area contributed by atoms with Crippen molar-refractivity contribution < 1.29 is 19.1 Å². The minimum Gasteiger partial charge on any atom is -0.489 e. The van der Waals surface area contributed by atoms with E-state index in [9.17, 15) is 9.90 Å². The lowest BCUT2D eigenvalue weighted by atomic mass is 9.93. The van der Waals surface area contributed by atoms with E-state index in [1.165, 1.54) is 0 Å². The largest absolute Gasteiger partial charge is 0.489 e. The van der Waals surface area contributed by atoms with Gasteiger partial charge in [0.1, 0.15) is 23.4 Å². The summed E-state index contributed by atoms with van der Waals surface area (Å²) in [5.74, 6) is -0.331. The second-order valence-electron chi connectivity index (χ2n) is 7.27. The number of ether oxygens (including phenoxy) is 1. The number of nitrogens with two attached hydrogens (primary N) is 1. The van der Waals surface area contributed by atoms with Crippen LogP contribution >= 0.6 is 0 Å². The van der Waals surface area contributed by atoms with Gasteiger partial charge < -0.3 is 25.3 Å². The highest BCUT2D eigenvalue weighted by Gasteiger charge is 2.24. The summed E-state index contributed by atoms with van der Waals surface area (Å²) in [4.78, 5) is 11.9. The highest BCUT2D eigenvalue weighted by molar-refractivity contribution is 5.99. The summed E-state index contributed by atoms with van der Waals surface area (Å²) >= 11 is 0. The van der Waals surface area contributed by atoms with Crippen molar-refractivity contribution >= 4 is 22.6 Å². The molecule has 1 aromatic heterocycles. The maximum Gasteiger partial charge on any atom is 0.311 e. The Bertz CT molecular complexity index is 1040. The van der Waals surface area contributed by atoms with Crippen LogP contribution < -0.4 is 15.8 Å². The Hall–Kier alpha value is -3.32. The summed E-state index contributed by atoms with van der Waals surface area (Å²) < 4.78 is 11.6. The first kappa shape index (κ1) is 19.0. The van der Waals surface area contributed by atoms with E-state index < -0.39 is 11.9 Å². The van der Waals surface area contributed by atoms with Gasteiger partial charge in [-0.3, -0.25) is 10.2 Å². The van der Waals surface area contributed by atoms with Crippen molar-refractivity contribution in [3.05, 3.63) is 65.6 Å². The topological polar surface area (TPSA) is 122 Å². The molecule has 2 heterocycles. The van der Waals surface area contributed by atoms with Gasteiger partial charge in [0.15, 0.2) is 0 Å². The Kier molecular flexibility index (Phi) is 5.22. The van der Waals surface area contributed by atoms with Crippen molar-refractivity contribution in [2.75, 3.05) is 13.1 Å². The van der Waals surface area contributed by atoms with E-state index >= 15 is 0 Å². The summed E-state index contributed by atoms with van der Waals surface area (Å²) in [6, 6.07) is 12.6. The first-order chi connectivity index (χ1) is 14.0. The molecule has 1 unspecified atom stereocenters. The van der Waals surface area contributed by atoms with Crippen LogP contribution in [0.3, 0.4) is 0 Å². The van der Waals surface area contributed by atoms with E-state index in [1.807, 2.05) is 18.2 Å². The maximum absolute atomic E-state index is 11.9. The molecule has 0 bridgehead atoms. The van der Waals surface area contributed by atoms with Crippen molar-refractivity contribution in [1.82, 2.24) is 5.32 Å². The summed E-state index contributed by atoms with van der Waals surface area (Å²) in [5, 5.41) is 22.2. The van der Waals surface area contributed by atoms with Gasteiger partial charge in [0, 0.05) is 29.3 Å². The molecule has 2 aromatic carbocycles. The lowest BCUT2D eigenvalue weighted by Crippen LogP contribution is -2.19. The zero-order valence-corrected chi connectivity index (χ0v) is 15.9. The molecular weight excluding hydrogens is 370 g/mol. The number of aliphatic carboxylic acids is 1. The predicted molar refractivity (Wildman–Crippen MR) is 110 cm³/mol. The van der Waals surface area contributed by atoms with E-state index in [0.717, 1.165) is 36.0 Å². The van der Waals surface area contributed by atoms with Crippen molar-refractivity contribution in [3.8, 4) is 5.75 Å². The molecule has 0 spiro atoms. The number of amidine groups is 1. The smallest absolute Gasteiger partial charge is 0.311 e. The lowest BCUT2D eigenvalue weighted by molar-refractivity contribution is -0.138. The number of benzene rings is 2. The fourth-order valence-corrected chi connectivity index (χ4v) is 3.67. The normalized spacial score (nSPS) is 17.3. The molecular formula is C22H23N3O4. The summed E-state index contributed by atoms with van der Waals surface area (Å²) in [7, 11) is 0. The van der Waals surface area contributed by atoms with Gasteiger partial charge in [0.25, 0.3) is 0 Å². The average molecular weight is 393 g/mol. The number of hydrogen-bond donors (Lipinski definition) is 4. The molecule has 1 aliphatic rings. The third-order valence-corrected chi connectivity index (χ3v) is 5.28. The van der Waals surface area contributed by atoms with E-state index in [0.29, 0.717) is 16.9 Å². The molecule has 1 saturated heterocycles. The molecule has 1 aliphatic heterocycles. The van der Waals surface area contributed by atoms with Gasteiger partial charge in [0.05, 0.1) is 12.2 Å². The van der Waals surface area contributed by atoms with Gasteiger partial charge in [-0.15, -0.1) is 0 Å². The minimum absolute atomic E-state index is 0.0197. The average Bonchev–Trinajstić information content (AvgIpc) is 3.36. The van der Waals surface area contributed by atoms with Gasteiger partial charge in [0.2, 0.25) is 0 Å². The van der Waals surface area contributed by atoms with Crippen molar-refractivity contribution in [3.63, 3.8) is 0 Å². The predicted octanol–water partition coefficient (Wildman–Crippen LogP) is 2.87. The van der Waals surface area contributed by atoms with E-state index in [1.54, 1.807) is 30.5 Å². The number of fused-ring (bicyclic) bond motifs is 1. The van der Waals surface area contributed by atoms with E-state index in [4.69, 9.17) is 20.3 Å². The maximum atomic E-state index is 11.9. The van der Waals surface area contributed by atoms with Crippen LogP contribution in [0.15, 0.2) is 53.1 Å². The summed E-state index contributed by atoms with van der Waals surface area (Å²) in [6.45, 7) is 1.78. The first-order valence-electron chi connectivity index (χ1n) is 9.56. The van der Waals surface area contributed by atoms with E-state index in [2.05, 4.69) is 5.32 Å². The summed E-state index contributed by atoms with van der Waals surface area (Å²) in [6.07, 6.45) is 2.93. The zero-order chi connectivity index (χ0) is 20.4. The molecule has 4 rings (SSSR count). The molecule has 5 N–H and O–H groups in total. The van der Waals surface area contributed by atoms with Crippen molar-refractivity contribution in [2.24, 2.45) is 5.73 Å². The third-order valence-electron chi connectivity index (χ3n) is 5.28. The fraction of sp³-hybridized carbons (Fsp3) is 0.273. The molecule has 0 amide bonds. The van der Waals surface area contributed by atoms with Crippen LogP contribution in [0.25, 0.3) is 10.8 Å². The Balaban J connectivity index is 1.54. The van der Waals surface area contributed by atoms with Gasteiger partial charge in [-0.25, -0.2) is 0 Å². The molecule has 150 valence electrons. The molecule has 7 nitrogen and oxygen atoms in total. The number of nitrogen functional groups attached to an aromatic ring is 1. The zero-order valence-electron chi connectivity index (χ0n) is 15.9. The SMILES string of the molecule is N=C(N)c1ccc2c(CC(C(=O)O)c3ccc(O[C@H]4CCNC4)cc3)occ2c1. The Morgan fingerprint density at radius 2 is 2.10 bits per heavy atom. The first-order valence-corrected chi connectivity index (χ1v) is 9.56. The quantitative estimate of drug-likeness (QED) is 0.362. The number of rotatable bonds is 7. The molecule has 7 heteroatoms. The van der Waals surface area contributed by atoms with E-state index in [-0.39, 0.29) is 18.4 Å². The highest BCUT2D eigenvalue weighted by atomic mass is 16.5. The lowest BCUT2D eigenvalue weighted by Gasteiger charge is -2.15. The van der Waals surface area contributed by atoms with Crippen LogP contribution in [0.2, 0.25) is 0 Å². The third kappa shape index (κ3) is 4.09. The standard InChI is InChI=1S/C22H23N3O4/c23-21(24)14-3-6-18-15(9-14)12-28-20(18)10-19(22(26)27)13-1-4-16(5-2-13)29-17-7-8-25-11-17/h1-6,9,12,17,19,25H,7-8,10-11H2,(H3,23,24)(H,26,27)/t17-,19?/m0/s1. The Morgan fingerprint density at radius 3 is 2.76 bits per heavy atom. The summed E-state index contributed by atoms with van der Waals surface area (Å²) in [5.41, 5.74) is 6.83. The molecule has 0 saturated carbocycles. The number of hydrogen-bond acceptors (Lipinski definition) is 5. The second-order valence-corrected chi connectivity index (χ2v) is 7.27. The Morgan fingerprint density at radius 1 is 1.31 bits per heavy atom. The molecule has 29 heavy (non-hydrogen) atoms. The van der Waals surface area contributed by atoms with Crippen LogP contribution in [-0.2, 0) is 11.2 Å². The number of carbonyl (C=O) groups is 1. The molecule has 1 fully saturated rings. The number of nitrogens with one attached hydrogen (secondary N) is 2. The highest BCUT2D eigenvalue weighted by Crippen LogP contribution is 2.29. The van der Waals surface area contributed by atoms with Gasteiger partial charge in [-0.2, -0.15) is 0 Å². The van der Waals surface area contributed by atoms with Gasteiger partial charge in [-0.1, -0.05) is 24.3 Å². The fourth-order valence-electron chi connectivity index (χ4n) is 3.67. The second kappa shape index (κ2) is 7.97. The number of carboxylic acid groups (broad SMARTS) is 1. The molecule has 0 aliphatic carbocycles. The number of carboxylic acids is 1. The molecule has 2 atom stereocenters. The van der Waals surface area contributed by atoms with Gasteiger partial charge >= 0.3 is 5.97 Å². The van der Waals surface area contributed by atoms with Gasteiger partial charge in [-0.05, 0) is 36.7 Å². The van der Waals surface area contributed by atoms with Crippen LogP contribution in [0.4, 0.5) is 0 Å². The van der Waals surface area contributed by atoms with Crippen LogP contribution in [-0.4, -0.2) is 36.1 Å².